The summed E-state index contributed by atoms with van der Waals surface area (Å²) in [5.74, 6) is -1.04. The van der Waals surface area contributed by atoms with E-state index >= 15 is 0 Å². The lowest BCUT2D eigenvalue weighted by Crippen LogP contribution is -2.38. The number of nitrogens with one attached hydrogen (secondary N) is 2. The predicted molar refractivity (Wildman–Crippen MR) is 102 cm³/mol. The molecule has 3 rings (SSSR count). The van der Waals surface area contributed by atoms with Crippen LogP contribution in [-0.2, 0) is 9.59 Å². The first-order chi connectivity index (χ1) is 12.4. The summed E-state index contributed by atoms with van der Waals surface area (Å²) in [4.78, 5) is 37.4. The third-order valence-electron chi connectivity index (χ3n) is 3.57. The molecule has 1 aliphatic rings. The molecule has 0 radical (unpaired) electrons. The zero-order valence-corrected chi connectivity index (χ0v) is 15.7. The number of anilines is 1. The number of carbonyl (C=O) groups excluding carboxylic acids is 3. The second-order valence-electron chi connectivity index (χ2n) is 5.49. The zero-order valence-electron chi connectivity index (χ0n) is 13.3. The molecule has 2 aromatic rings. The summed E-state index contributed by atoms with van der Waals surface area (Å²) in [5, 5.41) is 5.64. The topological polar surface area (TPSA) is 78.5 Å². The number of rotatable bonds is 4. The van der Waals surface area contributed by atoms with Crippen LogP contribution < -0.4 is 10.6 Å². The quantitative estimate of drug-likeness (QED) is 0.570. The van der Waals surface area contributed by atoms with Crippen LogP contribution in [0.3, 0.4) is 0 Å². The molecule has 8 heteroatoms. The minimum Gasteiger partial charge on any atom is -0.325 e. The average Bonchev–Trinajstić information content (AvgIpc) is 2.86. The molecule has 1 fully saturated rings. The molecule has 0 aliphatic carbocycles. The van der Waals surface area contributed by atoms with Gasteiger partial charge in [-0.2, -0.15) is 0 Å². The number of benzene rings is 2. The smallest absolute Gasteiger partial charge is 0.325 e. The van der Waals surface area contributed by atoms with Gasteiger partial charge < -0.3 is 10.6 Å². The van der Waals surface area contributed by atoms with Gasteiger partial charge in [0, 0.05) is 15.2 Å². The summed E-state index contributed by atoms with van der Waals surface area (Å²) in [6, 6.07) is 13.1. The Bertz CT molecular complexity index is 895. The molecule has 1 heterocycles. The fourth-order valence-electron chi connectivity index (χ4n) is 2.32. The monoisotopic (exact) mass is 433 g/mol. The fourth-order valence-corrected chi connectivity index (χ4v) is 2.71. The highest BCUT2D eigenvalue weighted by Crippen LogP contribution is 2.17. The minimum atomic E-state index is -0.635. The molecular weight excluding hydrogens is 422 g/mol. The number of halogens is 2. The first-order valence-corrected chi connectivity index (χ1v) is 8.75. The molecule has 26 heavy (non-hydrogen) atoms. The Hall–Kier alpha value is -2.64. The minimum absolute atomic E-state index is 0.122. The lowest BCUT2D eigenvalue weighted by atomic mass is 10.2. The highest BCUT2D eigenvalue weighted by molar-refractivity contribution is 9.10. The lowest BCUT2D eigenvalue weighted by molar-refractivity contribution is -0.127. The largest absolute Gasteiger partial charge is 0.329 e. The molecule has 6 nitrogen and oxygen atoms in total. The summed E-state index contributed by atoms with van der Waals surface area (Å²) in [6.07, 6.45) is 1.56. The van der Waals surface area contributed by atoms with Crippen LogP contribution in [0, 0.1) is 0 Å². The third kappa shape index (κ3) is 4.30. The molecule has 132 valence electrons. The van der Waals surface area contributed by atoms with Gasteiger partial charge in [0.1, 0.15) is 12.2 Å². The Kier molecular flexibility index (Phi) is 5.39. The van der Waals surface area contributed by atoms with Gasteiger partial charge in [-0.05, 0) is 48.0 Å². The van der Waals surface area contributed by atoms with Gasteiger partial charge in [0.25, 0.3) is 5.91 Å². The number of hydrogen-bond donors (Lipinski definition) is 2. The number of hydrogen-bond acceptors (Lipinski definition) is 3. The molecule has 0 aromatic heterocycles. The van der Waals surface area contributed by atoms with Crippen molar-refractivity contribution >= 4 is 57.1 Å². The summed E-state index contributed by atoms with van der Waals surface area (Å²) < 4.78 is 0.905. The van der Waals surface area contributed by atoms with E-state index in [2.05, 4.69) is 26.6 Å². The van der Waals surface area contributed by atoms with Crippen LogP contribution in [0.25, 0.3) is 6.08 Å². The SMILES string of the molecule is O=C(CN1C(=O)N/C(=C\c2ccc(Br)cc2)C1=O)Nc1ccc(Cl)cc1. The van der Waals surface area contributed by atoms with Crippen molar-refractivity contribution in [2.45, 2.75) is 0 Å². The molecule has 4 amide bonds. The second-order valence-corrected chi connectivity index (χ2v) is 6.84. The summed E-state index contributed by atoms with van der Waals surface area (Å²) in [5.41, 5.74) is 1.40. The van der Waals surface area contributed by atoms with E-state index < -0.39 is 17.8 Å². The Balaban J connectivity index is 1.67. The molecule has 0 unspecified atom stereocenters. The standard InChI is InChI=1S/C18H13BrClN3O3/c19-12-3-1-11(2-4-12)9-15-17(25)23(18(26)22-15)10-16(24)21-14-7-5-13(20)6-8-14/h1-9H,10H2,(H,21,24)(H,22,26)/b15-9-. The molecule has 0 atom stereocenters. The van der Waals surface area contributed by atoms with E-state index in [1.54, 1.807) is 42.5 Å². The molecule has 0 saturated carbocycles. The predicted octanol–water partition coefficient (Wildman–Crippen LogP) is 3.63. The average molecular weight is 435 g/mol. The van der Waals surface area contributed by atoms with Gasteiger partial charge in [-0.3, -0.25) is 9.59 Å². The van der Waals surface area contributed by atoms with Crippen molar-refractivity contribution in [2.24, 2.45) is 0 Å². The van der Waals surface area contributed by atoms with Crippen molar-refractivity contribution in [1.29, 1.82) is 0 Å². The van der Waals surface area contributed by atoms with Crippen molar-refractivity contribution in [3.8, 4) is 0 Å². The van der Waals surface area contributed by atoms with Gasteiger partial charge in [0.05, 0.1) is 0 Å². The Morgan fingerprint density at radius 1 is 1.12 bits per heavy atom. The van der Waals surface area contributed by atoms with Crippen LogP contribution in [0.2, 0.25) is 5.02 Å². The third-order valence-corrected chi connectivity index (χ3v) is 4.35. The Morgan fingerprint density at radius 2 is 1.77 bits per heavy atom. The van der Waals surface area contributed by atoms with E-state index in [0.29, 0.717) is 10.7 Å². The van der Waals surface area contributed by atoms with E-state index in [-0.39, 0.29) is 12.2 Å². The van der Waals surface area contributed by atoms with Crippen molar-refractivity contribution in [3.63, 3.8) is 0 Å². The zero-order chi connectivity index (χ0) is 18.7. The van der Waals surface area contributed by atoms with Crippen LogP contribution in [0.4, 0.5) is 10.5 Å². The van der Waals surface area contributed by atoms with Crippen molar-refractivity contribution in [3.05, 3.63) is 69.3 Å². The highest BCUT2D eigenvalue weighted by Gasteiger charge is 2.34. The number of imide groups is 1. The molecular formula is C18H13BrClN3O3. The summed E-state index contributed by atoms with van der Waals surface area (Å²) >= 11 is 9.12. The summed E-state index contributed by atoms with van der Waals surface area (Å²) in [6.45, 7) is -0.384. The Morgan fingerprint density at radius 3 is 2.42 bits per heavy atom. The molecule has 1 aliphatic heterocycles. The number of carbonyl (C=O) groups is 3. The van der Waals surface area contributed by atoms with E-state index in [4.69, 9.17) is 11.6 Å². The van der Waals surface area contributed by atoms with Crippen LogP contribution in [0.15, 0.2) is 58.7 Å². The second kappa shape index (κ2) is 7.72. The van der Waals surface area contributed by atoms with Crippen molar-refractivity contribution in [2.75, 3.05) is 11.9 Å². The lowest BCUT2D eigenvalue weighted by Gasteiger charge is -2.12. The van der Waals surface area contributed by atoms with Crippen LogP contribution in [0.5, 0.6) is 0 Å². The molecule has 1 saturated heterocycles. The van der Waals surface area contributed by atoms with Crippen LogP contribution >= 0.6 is 27.5 Å². The first-order valence-electron chi connectivity index (χ1n) is 7.58. The molecule has 2 aromatic carbocycles. The van der Waals surface area contributed by atoms with E-state index in [0.717, 1.165) is 14.9 Å². The Labute approximate surface area is 162 Å². The molecule has 2 N–H and O–H groups in total. The van der Waals surface area contributed by atoms with E-state index in [9.17, 15) is 14.4 Å². The number of nitrogens with zero attached hydrogens (tertiary/aromatic N) is 1. The van der Waals surface area contributed by atoms with Crippen molar-refractivity contribution < 1.29 is 14.4 Å². The maximum Gasteiger partial charge on any atom is 0.329 e. The van der Waals surface area contributed by atoms with Crippen LogP contribution in [0.1, 0.15) is 5.56 Å². The van der Waals surface area contributed by atoms with Gasteiger partial charge in [0.2, 0.25) is 5.91 Å². The van der Waals surface area contributed by atoms with E-state index in [1.807, 2.05) is 12.1 Å². The fraction of sp³-hybridized carbons (Fsp3) is 0.0556. The highest BCUT2D eigenvalue weighted by atomic mass is 79.9. The summed E-state index contributed by atoms with van der Waals surface area (Å²) in [7, 11) is 0. The van der Waals surface area contributed by atoms with Crippen molar-refractivity contribution in [1.82, 2.24) is 10.2 Å². The van der Waals surface area contributed by atoms with Crippen LogP contribution in [-0.4, -0.2) is 29.3 Å². The molecule has 0 bridgehead atoms. The first kappa shape index (κ1) is 18.2. The van der Waals surface area contributed by atoms with E-state index in [1.165, 1.54) is 0 Å². The van der Waals surface area contributed by atoms with Gasteiger partial charge in [0.15, 0.2) is 0 Å². The number of amides is 4. The maximum absolute atomic E-state index is 12.4. The van der Waals surface area contributed by atoms with Gasteiger partial charge in [-0.25, -0.2) is 9.69 Å². The van der Waals surface area contributed by atoms with Gasteiger partial charge in [-0.1, -0.05) is 39.7 Å². The normalized spacial score (nSPS) is 15.3. The maximum atomic E-state index is 12.4. The number of urea groups is 1. The molecule has 0 spiro atoms. The van der Waals surface area contributed by atoms with Gasteiger partial charge in [-0.15, -0.1) is 0 Å². The van der Waals surface area contributed by atoms with Gasteiger partial charge >= 0.3 is 6.03 Å².